The lowest BCUT2D eigenvalue weighted by Crippen LogP contribution is -2.34. The topological polar surface area (TPSA) is 77.0 Å². The summed E-state index contributed by atoms with van der Waals surface area (Å²) in [6.45, 7) is 1.74. The van der Waals surface area contributed by atoms with Crippen LogP contribution in [0.15, 0.2) is 28.7 Å². The van der Waals surface area contributed by atoms with Crippen LogP contribution >= 0.6 is 11.3 Å². The van der Waals surface area contributed by atoms with E-state index in [0.29, 0.717) is 44.5 Å². The van der Waals surface area contributed by atoms with Gasteiger partial charge < -0.3 is 24.6 Å². The summed E-state index contributed by atoms with van der Waals surface area (Å²) < 4.78 is 16.7. The second-order valence-corrected chi connectivity index (χ2v) is 7.12. The number of carbonyl (C=O) groups excluding carboxylic acids is 1. The molecule has 2 heterocycles. The van der Waals surface area contributed by atoms with Gasteiger partial charge in [0.1, 0.15) is 0 Å². The number of nitrogens with one attached hydrogen (secondary N) is 1. The number of aliphatic hydroxyl groups is 1. The molecule has 138 valence electrons. The number of amides is 1. The molecule has 1 saturated carbocycles. The highest BCUT2D eigenvalue weighted by molar-refractivity contribution is 7.08. The smallest absolute Gasteiger partial charge is 0.286 e. The van der Waals surface area contributed by atoms with Gasteiger partial charge in [-0.1, -0.05) is 0 Å². The van der Waals surface area contributed by atoms with Crippen molar-refractivity contribution in [3.63, 3.8) is 0 Å². The van der Waals surface area contributed by atoms with Crippen molar-refractivity contribution < 1.29 is 24.1 Å². The molecule has 0 spiro atoms. The van der Waals surface area contributed by atoms with Gasteiger partial charge in [-0.15, -0.1) is 0 Å². The van der Waals surface area contributed by atoms with E-state index in [0.717, 1.165) is 0 Å². The van der Waals surface area contributed by atoms with Crippen molar-refractivity contribution in [3.05, 3.63) is 34.2 Å². The molecule has 1 aromatic heterocycles. The molecular weight excluding hydrogens is 342 g/mol. The molecule has 0 unspecified atom stereocenters. The Morgan fingerprint density at radius 1 is 1.36 bits per heavy atom. The molecule has 1 fully saturated rings. The van der Waals surface area contributed by atoms with Gasteiger partial charge in [0.2, 0.25) is 6.29 Å². The summed E-state index contributed by atoms with van der Waals surface area (Å²) in [5, 5.41) is 15.8. The van der Waals surface area contributed by atoms with E-state index in [9.17, 15) is 4.79 Å². The van der Waals surface area contributed by atoms with Gasteiger partial charge in [0.25, 0.3) is 5.91 Å². The molecule has 0 radical (unpaired) electrons. The Labute approximate surface area is 151 Å². The summed E-state index contributed by atoms with van der Waals surface area (Å²) in [5.74, 6) is 0.892. The largest absolute Gasteiger partial charge is 0.459 e. The predicted octanol–water partition coefficient (Wildman–Crippen LogP) is 2.01. The minimum atomic E-state index is -0.477. The van der Waals surface area contributed by atoms with Gasteiger partial charge in [-0.25, -0.2) is 0 Å². The zero-order chi connectivity index (χ0) is 17.5. The summed E-state index contributed by atoms with van der Waals surface area (Å²) in [6.07, 6.45) is 4.46. The number of aliphatic hydroxyl groups excluding tert-OH is 1. The van der Waals surface area contributed by atoms with E-state index in [1.807, 2.05) is 11.5 Å². The van der Waals surface area contributed by atoms with Crippen LogP contribution in [-0.2, 0) is 19.0 Å². The molecule has 6 nitrogen and oxygen atoms in total. The van der Waals surface area contributed by atoms with Gasteiger partial charge in [-0.05, 0) is 47.2 Å². The molecule has 3 rings (SSSR count). The van der Waals surface area contributed by atoms with Crippen molar-refractivity contribution in [2.24, 2.45) is 5.92 Å². The van der Waals surface area contributed by atoms with E-state index in [4.69, 9.17) is 19.3 Å². The normalized spacial score (nSPS) is 23.0. The van der Waals surface area contributed by atoms with E-state index in [2.05, 4.69) is 16.8 Å². The molecule has 1 aromatic rings. The first-order valence-corrected chi connectivity index (χ1v) is 9.69. The van der Waals surface area contributed by atoms with Crippen LogP contribution in [0.4, 0.5) is 0 Å². The lowest BCUT2D eigenvalue weighted by Gasteiger charge is -2.29. The fourth-order valence-corrected chi connectivity index (χ4v) is 3.41. The quantitative estimate of drug-likeness (QED) is 0.619. The van der Waals surface area contributed by atoms with Gasteiger partial charge >= 0.3 is 0 Å². The van der Waals surface area contributed by atoms with Crippen LogP contribution < -0.4 is 5.32 Å². The highest BCUT2D eigenvalue weighted by Gasteiger charge is 2.30. The SMILES string of the molecule is O=C(NCC1CC1)C1=C[C@H](c2ccsc2)C[C@H](OCCOCCO)O1. The molecule has 1 aliphatic heterocycles. The molecule has 0 saturated heterocycles. The molecule has 0 bridgehead atoms. The third-order valence-corrected chi connectivity index (χ3v) is 4.97. The third-order valence-electron chi connectivity index (χ3n) is 4.27. The van der Waals surface area contributed by atoms with Crippen molar-refractivity contribution in [3.8, 4) is 0 Å². The lowest BCUT2D eigenvalue weighted by atomic mass is 9.95. The van der Waals surface area contributed by atoms with E-state index in [1.54, 1.807) is 11.3 Å². The standard InChI is InChI=1S/C18H25NO5S/c20-4-5-22-6-7-23-17-10-15(14-3-8-25-12-14)9-16(24-17)18(21)19-11-13-1-2-13/h3,8-9,12-13,15,17,20H,1-2,4-7,10-11H2,(H,19,21)/t15-,17+/m0/s1. The molecular formula is C18H25NO5S. The lowest BCUT2D eigenvalue weighted by molar-refractivity contribution is -0.151. The predicted molar refractivity (Wildman–Crippen MR) is 94.2 cm³/mol. The maximum atomic E-state index is 12.4. The fraction of sp³-hybridized carbons (Fsp3) is 0.611. The summed E-state index contributed by atoms with van der Waals surface area (Å²) in [4.78, 5) is 12.4. The zero-order valence-corrected chi connectivity index (χ0v) is 15.0. The first kappa shape index (κ1) is 18.4. The number of hydrogen-bond donors (Lipinski definition) is 2. The van der Waals surface area contributed by atoms with Crippen molar-refractivity contribution >= 4 is 17.2 Å². The van der Waals surface area contributed by atoms with Crippen LogP contribution in [0.3, 0.4) is 0 Å². The third kappa shape index (κ3) is 5.81. The second kappa shape index (κ2) is 9.33. The number of rotatable bonds is 10. The molecule has 0 aromatic carbocycles. The average Bonchev–Trinajstić information content (AvgIpc) is 3.30. The highest BCUT2D eigenvalue weighted by Crippen LogP contribution is 2.33. The number of ether oxygens (including phenoxy) is 3. The van der Waals surface area contributed by atoms with E-state index >= 15 is 0 Å². The Bertz CT molecular complexity index is 570. The van der Waals surface area contributed by atoms with E-state index in [-0.39, 0.29) is 18.4 Å². The Morgan fingerprint density at radius 2 is 2.24 bits per heavy atom. The van der Waals surface area contributed by atoms with E-state index in [1.165, 1.54) is 18.4 Å². The minimum absolute atomic E-state index is 0.00574. The van der Waals surface area contributed by atoms with Crippen molar-refractivity contribution in [1.29, 1.82) is 0 Å². The zero-order valence-electron chi connectivity index (χ0n) is 14.2. The Kier molecular flexibility index (Phi) is 6.86. The van der Waals surface area contributed by atoms with Gasteiger partial charge in [0.15, 0.2) is 5.76 Å². The number of carbonyl (C=O) groups is 1. The summed E-state index contributed by atoms with van der Waals surface area (Å²) in [5.41, 5.74) is 1.17. The van der Waals surface area contributed by atoms with Crippen LogP contribution in [0, 0.1) is 5.92 Å². The highest BCUT2D eigenvalue weighted by atomic mass is 32.1. The average molecular weight is 367 g/mol. The first-order valence-electron chi connectivity index (χ1n) is 8.75. The maximum absolute atomic E-state index is 12.4. The maximum Gasteiger partial charge on any atom is 0.286 e. The molecule has 1 aliphatic carbocycles. The molecule has 2 aliphatic rings. The molecule has 2 N–H and O–H groups in total. The molecule has 2 atom stereocenters. The van der Waals surface area contributed by atoms with Crippen LogP contribution in [-0.4, -0.2) is 50.3 Å². The summed E-state index contributed by atoms with van der Waals surface area (Å²) in [6, 6.07) is 2.07. The van der Waals surface area contributed by atoms with Gasteiger partial charge in [0, 0.05) is 18.9 Å². The number of hydrogen-bond acceptors (Lipinski definition) is 6. The van der Waals surface area contributed by atoms with Crippen LogP contribution in [0.2, 0.25) is 0 Å². The van der Waals surface area contributed by atoms with Crippen molar-refractivity contribution in [2.45, 2.75) is 31.5 Å². The van der Waals surface area contributed by atoms with Gasteiger partial charge in [0.05, 0.1) is 26.4 Å². The first-order chi connectivity index (χ1) is 12.3. The Morgan fingerprint density at radius 3 is 2.96 bits per heavy atom. The van der Waals surface area contributed by atoms with Gasteiger partial charge in [-0.3, -0.25) is 4.79 Å². The fourth-order valence-electron chi connectivity index (χ4n) is 2.69. The van der Waals surface area contributed by atoms with Crippen molar-refractivity contribution in [2.75, 3.05) is 33.0 Å². The number of thiophene rings is 1. The van der Waals surface area contributed by atoms with Crippen molar-refractivity contribution in [1.82, 2.24) is 5.32 Å². The van der Waals surface area contributed by atoms with Crippen LogP contribution in [0.1, 0.15) is 30.7 Å². The second-order valence-electron chi connectivity index (χ2n) is 6.34. The Balaban J connectivity index is 1.57. The minimum Gasteiger partial charge on any atom is -0.459 e. The molecule has 7 heteroatoms. The molecule has 25 heavy (non-hydrogen) atoms. The Hall–Kier alpha value is -1.41. The summed E-state index contributed by atoms with van der Waals surface area (Å²) >= 11 is 1.64. The monoisotopic (exact) mass is 367 g/mol. The molecule has 1 amide bonds. The van der Waals surface area contributed by atoms with Crippen LogP contribution in [0.25, 0.3) is 0 Å². The summed E-state index contributed by atoms with van der Waals surface area (Å²) in [7, 11) is 0. The van der Waals surface area contributed by atoms with Gasteiger partial charge in [-0.2, -0.15) is 11.3 Å². The van der Waals surface area contributed by atoms with Crippen LogP contribution in [0.5, 0.6) is 0 Å². The number of allylic oxidation sites excluding steroid dienone is 1. The van der Waals surface area contributed by atoms with E-state index < -0.39 is 6.29 Å².